The van der Waals surface area contributed by atoms with Gasteiger partial charge in [0.15, 0.2) is 0 Å². The number of carbonyl (C=O) groups is 2. The van der Waals surface area contributed by atoms with E-state index in [2.05, 4.69) is 10.6 Å². The number of thioether (sulfide) groups is 2. The number of aliphatic hydroxyl groups is 1. The number of nitrogens with one attached hydrogen (secondary N) is 2. The van der Waals surface area contributed by atoms with Crippen LogP contribution in [0.25, 0.3) is 0 Å². The summed E-state index contributed by atoms with van der Waals surface area (Å²) in [6, 6.07) is 27.2. The number of aliphatic hydroxyl groups excluding tert-OH is 1. The third-order valence-electron chi connectivity index (χ3n) is 6.43. The van der Waals surface area contributed by atoms with Gasteiger partial charge in [-0.1, -0.05) is 91.0 Å². The Morgan fingerprint density at radius 1 is 0.660 bits per heavy atom. The number of rotatable bonds is 22. The van der Waals surface area contributed by atoms with E-state index in [1.165, 1.54) is 37.7 Å². The van der Waals surface area contributed by atoms with Gasteiger partial charge < -0.3 is 44.2 Å². The van der Waals surface area contributed by atoms with Gasteiger partial charge in [0.2, 0.25) is 0 Å². The van der Waals surface area contributed by atoms with Gasteiger partial charge >= 0.3 is 12.2 Å². The van der Waals surface area contributed by atoms with Gasteiger partial charge in [0.05, 0.1) is 36.0 Å². The Hall–Kier alpha value is -3.30. The molecule has 3 N–H and O–H groups in total. The average molecular weight is 689 g/mol. The minimum atomic E-state index is -0.859. The van der Waals surface area contributed by atoms with E-state index in [4.69, 9.17) is 28.4 Å². The summed E-state index contributed by atoms with van der Waals surface area (Å²) in [5.74, 6) is 0.784. The van der Waals surface area contributed by atoms with E-state index in [9.17, 15) is 14.7 Å². The van der Waals surface area contributed by atoms with E-state index < -0.39 is 35.0 Å². The maximum Gasteiger partial charge on any atom is 0.407 e. The molecular weight excluding hydrogens is 645 g/mol. The van der Waals surface area contributed by atoms with Crippen LogP contribution in [-0.4, -0.2) is 86.5 Å². The zero-order valence-electron chi connectivity index (χ0n) is 26.7. The van der Waals surface area contributed by atoms with Gasteiger partial charge in [-0.05, 0) is 16.7 Å². The lowest BCUT2D eigenvalue weighted by Crippen LogP contribution is -2.42. The third-order valence-corrected chi connectivity index (χ3v) is 9.61. The minimum absolute atomic E-state index is 0.0575. The molecule has 3 atom stereocenters. The summed E-state index contributed by atoms with van der Waals surface area (Å²) >= 11 is 2.91. The molecule has 0 radical (unpaired) electrons. The molecule has 0 saturated carbocycles. The highest BCUT2D eigenvalue weighted by Crippen LogP contribution is 2.36. The molecular formula is C34H44N2O9S2. The first-order valence-corrected chi connectivity index (χ1v) is 17.1. The first-order valence-electron chi connectivity index (χ1n) is 15.0. The van der Waals surface area contributed by atoms with Crippen molar-refractivity contribution in [1.82, 2.24) is 10.6 Å². The highest BCUT2D eigenvalue weighted by Gasteiger charge is 2.26. The van der Waals surface area contributed by atoms with Gasteiger partial charge in [-0.15, -0.1) is 23.5 Å². The van der Waals surface area contributed by atoms with Crippen LogP contribution in [0.4, 0.5) is 9.59 Å². The molecule has 47 heavy (non-hydrogen) atoms. The van der Waals surface area contributed by atoms with Gasteiger partial charge in [-0.2, -0.15) is 0 Å². The Bertz CT molecular complexity index is 1190. The number of hydrogen-bond acceptors (Lipinski definition) is 11. The predicted molar refractivity (Wildman–Crippen MR) is 183 cm³/mol. The van der Waals surface area contributed by atoms with Crippen LogP contribution in [0.2, 0.25) is 0 Å². The SMILES string of the molecule is COCOC[C@H](CSC(SC[C@@H](COCOC)NC(=O)OCc1ccccc1)C(O)c1ccccc1)NC(=O)OCc1ccccc1. The Morgan fingerprint density at radius 3 is 1.47 bits per heavy atom. The van der Waals surface area contributed by atoms with Crippen molar-refractivity contribution in [1.29, 1.82) is 0 Å². The number of benzene rings is 3. The van der Waals surface area contributed by atoms with E-state index in [1.807, 2.05) is 91.0 Å². The summed E-state index contributed by atoms with van der Waals surface area (Å²) < 4.78 is 31.6. The molecule has 3 rings (SSSR count). The summed E-state index contributed by atoms with van der Waals surface area (Å²) in [7, 11) is 3.04. The smallest absolute Gasteiger partial charge is 0.407 e. The van der Waals surface area contributed by atoms with Crippen molar-refractivity contribution in [3.8, 4) is 0 Å². The Labute approximate surface area is 285 Å². The van der Waals surface area contributed by atoms with Gasteiger partial charge in [0.25, 0.3) is 0 Å². The van der Waals surface area contributed by atoms with Crippen LogP contribution >= 0.6 is 23.5 Å². The van der Waals surface area contributed by atoms with E-state index >= 15 is 0 Å². The number of methoxy groups -OCH3 is 2. The minimum Gasteiger partial charge on any atom is -0.445 e. The second-order valence-corrected chi connectivity index (χ2v) is 12.9. The quantitative estimate of drug-likeness (QED) is 0.0933. The molecule has 0 aliphatic rings. The van der Waals surface area contributed by atoms with Crippen molar-refractivity contribution < 1.29 is 43.1 Å². The second-order valence-electron chi connectivity index (χ2n) is 10.3. The molecule has 0 aromatic heterocycles. The molecule has 256 valence electrons. The molecule has 0 spiro atoms. The highest BCUT2D eigenvalue weighted by molar-refractivity contribution is 8.17. The second kappa shape index (κ2) is 23.1. The van der Waals surface area contributed by atoms with Gasteiger partial charge in [-0.3, -0.25) is 0 Å². The maximum atomic E-state index is 12.7. The van der Waals surface area contributed by atoms with Gasteiger partial charge in [0.1, 0.15) is 26.8 Å². The Balaban J connectivity index is 1.65. The van der Waals surface area contributed by atoms with E-state index in [0.29, 0.717) is 11.5 Å². The molecule has 13 heteroatoms. The van der Waals surface area contributed by atoms with Crippen molar-refractivity contribution in [3.63, 3.8) is 0 Å². The molecule has 11 nitrogen and oxygen atoms in total. The molecule has 3 aromatic rings. The zero-order chi connectivity index (χ0) is 33.5. The number of ether oxygens (including phenoxy) is 6. The van der Waals surface area contributed by atoms with Crippen molar-refractivity contribution in [3.05, 3.63) is 108 Å². The summed E-state index contributed by atoms with van der Waals surface area (Å²) in [4.78, 5) is 25.4. The molecule has 0 aliphatic heterocycles. The van der Waals surface area contributed by atoms with E-state index in [0.717, 1.165) is 16.7 Å². The Morgan fingerprint density at radius 2 is 1.06 bits per heavy atom. The molecule has 0 aliphatic carbocycles. The fourth-order valence-electron chi connectivity index (χ4n) is 4.13. The topological polar surface area (TPSA) is 134 Å². The van der Waals surface area contributed by atoms with Crippen LogP contribution < -0.4 is 10.6 Å². The summed E-state index contributed by atoms with van der Waals surface area (Å²) in [5, 5.41) is 17.2. The fraction of sp³-hybridized carbons (Fsp3) is 0.412. The van der Waals surface area contributed by atoms with Crippen LogP contribution in [0.3, 0.4) is 0 Å². The van der Waals surface area contributed by atoms with Crippen molar-refractivity contribution in [2.24, 2.45) is 0 Å². The number of hydrogen-bond donors (Lipinski definition) is 3. The monoisotopic (exact) mass is 688 g/mol. The molecule has 3 aromatic carbocycles. The maximum absolute atomic E-state index is 12.7. The van der Waals surface area contributed by atoms with Crippen LogP contribution in [0, 0.1) is 0 Å². The predicted octanol–water partition coefficient (Wildman–Crippen LogP) is 5.34. The first kappa shape index (κ1) is 38.2. The van der Waals surface area contributed by atoms with Crippen LogP contribution in [0.1, 0.15) is 22.8 Å². The highest BCUT2D eigenvalue weighted by atomic mass is 32.2. The lowest BCUT2D eigenvalue weighted by Gasteiger charge is -2.27. The zero-order valence-corrected chi connectivity index (χ0v) is 28.3. The lowest BCUT2D eigenvalue weighted by molar-refractivity contribution is -0.0360. The van der Waals surface area contributed by atoms with Crippen molar-refractivity contribution in [2.45, 2.75) is 36.0 Å². The third kappa shape index (κ3) is 15.9. The molecule has 2 amide bonds. The molecule has 0 bridgehead atoms. The van der Waals surface area contributed by atoms with Gasteiger partial charge in [-0.25, -0.2) is 9.59 Å². The number of carbonyl (C=O) groups excluding carboxylic acids is 2. The first-order chi connectivity index (χ1) is 23.0. The summed E-state index contributed by atoms with van der Waals surface area (Å²) in [6.45, 7) is 0.711. The van der Waals surface area contributed by atoms with Crippen LogP contribution in [0.5, 0.6) is 0 Å². The standard InChI is InChI=1S/C34H44N2O9S2/c1-40-24-42-20-29(35-33(38)44-18-26-12-6-3-7-13-26)22-46-32(31(37)28-16-10-5-11-17-28)47-23-30(21-43-25-41-2)36-34(39)45-19-27-14-8-4-9-15-27/h3-17,29-32,37H,18-25H2,1-2H3,(H,35,38)(H,36,39)/t29-,30-,31?/m1/s1. The van der Waals surface area contributed by atoms with E-state index in [1.54, 1.807) is 0 Å². The summed E-state index contributed by atoms with van der Waals surface area (Å²) in [6.07, 6.45) is -2.02. The molecule has 0 saturated heterocycles. The Kier molecular flexibility index (Phi) is 18.7. The van der Waals surface area contributed by atoms with Crippen LogP contribution in [0.15, 0.2) is 91.0 Å². The largest absolute Gasteiger partial charge is 0.445 e. The van der Waals surface area contributed by atoms with Crippen molar-refractivity contribution in [2.75, 3.05) is 52.5 Å². The molecule has 0 fully saturated rings. The average Bonchev–Trinajstić information content (AvgIpc) is 3.10. The molecule has 1 unspecified atom stereocenters. The number of alkyl carbamates (subject to hydrolysis) is 2. The number of amides is 2. The fourth-order valence-corrected chi connectivity index (χ4v) is 6.87. The van der Waals surface area contributed by atoms with Crippen molar-refractivity contribution >= 4 is 35.7 Å². The van der Waals surface area contributed by atoms with Crippen LogP contribution in [-0.2, 0) is 41.6 Å². The van der Waals surface area contributed by atoms with Gasteiger partial charge in [0, 0.05) is 25.7 Å². The lowest BCUT2D eigenvalue weighted by atomic mass is 10.1. The normalized spacial score (nSPS) is 13.0. The van der Waals surface area contributed by atoms with E-state index in [-0.39, 0.29) is 40.0 Å². The summed E-state index contributed by atoms with van der Waals surface area (Å²) in [5.41, 5.74) is 2.48. The molecule has 0 heterocycles.